The van der Waals surface area contributed by atoms with Gasteiger partial charge < -0.3 is 4.57 Å². The Hall–Kier alpha value is -0.190. The van der Waals surface area contributed by atoms with E-state index in [1.54, 1.807) is 0 Å². The largest absolute Gasteiger partial charge is 0.326 e. The van der Waals surface area contributed by atoms with Gasteiger partial charge in [0.15, 0.2) is 0 Å². The average Bonchev–Trinajstić information content (AvgIpc) is 2.95. The van der Waals surface area contributed by atoms with Crippen LogP contribution in [-0.4, -0.2) is 20.1 Å². The van der Waals surface area contributed by atoms with Crippen LogP contribution in [0.15, 0.2) is 22.7 Å². The summed E-state index contributed by atoms with van der Waals surface area (Å²) in [5.74, 6) is 2.71. The van der Waals surface area contributed by atoms with Crippen molar-refractivity contribution in [2.45, 2.75) is 36.9 Å². The Kier molecular flexibility index (Phi) is 3.84. The van der Waals surface area contributed by atoms with Gasteiger partial charge in [-0.05, 0) is 43.7 Å². The number of alkyl halides is 1. The molecule has 1 saturated heterocycles. The second-order valence-corrected chi connectivity index (χ2v) is 8.15. The van der Waals surface area contributed by atoms with Crippen molar-refractivity contribution >= 4 is 50.3 Å². The first-order chi connectivity index (χ1) is 9.11. The number of aromatic nitrogens is 2. The molecule has 102 valence electrons. The lowest BCUT2D eigenvalue weighted by molar-refractivity contribution is 0.510. The Bertz CT molecular complexity index is 605. The van der Waals surface area contributed by atoms with Gasteiger partial charge in [-0.15, -0.1) is 11.6 Å². The van der Waals surface area contributed by atoms with Gasteiger partial charge >= 0.3 is 0 Å². The van der Waals surface area contributed by atoms with E-state index < -0.39 is 0 Å². The molecule has 1 aliphatic rings. The van der Waals surface area contributed by atoms with Crippen LogP contribution in [0.5, 0.6) is 0 Å². The molecule has 0 saturated carbocycles. The minimum atomic E-state index is 0.316. The number of rotatable bonds is 3. The van der Waals surface area contributed by atoms with Gasteiger partial charge in [0.05, 0.1) is 16.9 Å². The highest BCUT2D eigenvalue weighted by molar-refractivity contribution is 9.10. The van der Waals surface area contributed by atoms with E-state index in [1.807, 2.05) is 6.07 Å². The molecule has 0 amide bonds. The molecule has 0 radical (unpaired) electrons. The first-order valence-corrected chi connectivity index (χ1v) is 8.77. The number of halogens is 2. The maximum Gasteiger partial charge on any atom is 0.124 e. The van der Waals surface area contributed by atoms with Crippen molar-refractivity contribution in [1.82, 2.24) is 9.55 Å². The summed E-state index contributed by atoms with van der Waals surface area (Å²) in [5.41, 5.74) is 2.21. The molecular formula is C14H16BrClN2S. The molecule has 0 N–H and O–H groups in total. The van der Waals surface area contributed by atoms with Crippen molar-refractivity contribution in [3.63, 3.8) is 0 Å². The molecular weight excluding hydrogens is 344 g/mol. The number of hydrogen-bond acceptors (Lipinski definition) is 2. The molecule has 2 aromatic rings. The zero-order valence-corrected chi connectivity index (χ0v) is 14.0. The van der Waals surface area contributed by atoms with E-state index in [4.69, 9.17) is 11.6 Å². The number of hydrogen-bond donors (Lipinski definition) is 0. The van der Waals surface area contributed by atoms with Gasteiger partial charge in [-0.1, -0.05) is 15.9 Å². The van der Waals surface area contributed by atoms with Crippen LogP contribution in [-0.2, 0) is 12.4 Å². The molecule has 1 atom stereocenters. The molecule has 1 aromatic heterocycles. The van der Waals surface area contributed by atoms with Crippen LogP contribution in [0.25, 0.3) is 11.0 Å². The van der Waals surface area contributed by atoms with Gasteiger partial charge in [-0.25, -0.2) is 4.98 Å². The van der Waals surface area contributed by atoms with Crippen LogP contribution < -0.4 is 0 Å². The second kappa shape index (κ2) is 5.30. The number of imidazole rings is 1. The van der Waals surface area contributed by atoms with Gasteiger partial charge in [0.25, 0.3) is 0 Å². The summed E-state index contributed by atoms with van der Waals surface area (Å²) in [7, 11) is 0. The maximum atomic E-state index is 6.07. The lowest BCUT2D eigenvalue weighted by Gasteiger charge is -2.24. The van der Waals surface area contributed by atoms with Gasteiger partial charge in [0.1, 0.15) is 5.82 Å². The minimum absolute atomic E-state index is 0.316. The van der Waals surface area contributed by atoms with Crippen LogP contribution in [0.3, 0.4) is 0 Å². The molecule has 1 aliphatic heterocycles. The van der Waals surface area contributed by atoms with Gasteiger partial charge in [-0.3, -0.25) is 0 Å². The Morgan fingerprint density at radius 1 is 1.53 bits per heavy atom. The summed E-state index contributed by atoms with van der Waals surface area (Å²) in [6.07, 6.45) is 2.58. The first kappa shape index (κ1) is 13.8. The first-order valence-electron chi connectivity index (χ1n) is 6.46. The van der Waals surface area contributed by atoms with Crippen LogP contribution in [0.2, 0.25) is 0 Å². The number of fused-ring (bicyclic) bond motifs is 1. The van der Waals surface area contributed by atoms with Gasteiger partial charge in [0.2, 0.25) is 0 Å². The van der Waals surface area contributed by atoms with Crippen LogP contribution in [0, 0.1) is 0 Å². The molecule has 1 unspecified atom stereocenters. The van der Waals surface area contributed by atoms with E-state index in [2.05, 4.69) is 56.3 Å². The third-order valence-corrected chi connectivity index (χ3v) is 5.96. The number of benzene rings is 1. The molecule has 19 heavy (non-hydrogen) atoms. The molecule has 2 nitrogen and oxygen atoms in total. The third kappa shape index (κ3) is 2.67. The van der Waals surface area contributed by atoms with E-state index in [9.17, 15) is 0 Å². The normalized spacial score (nSPS) is 23.3. The Morgan fingerprint density at radius 2 is 2.37 bits per heavy atom. The van der Waals surface area contributed by atoms with Crippen molar-refractivity contribution < 1.29 is 0 Å². The minimum Gasteiger partial charge on any atom is -0.326 e. The molecule has 3 rings (SSSR count). The smallest absolute Gasteiger partial charge is 0.124 e. The fraction of sp³-hybridized carbons (Fsp3) is 0.500. The van der Waals surface area contributed by atoms with Crippen molar-refractivity contribution in [2.75, 3.05) is 5.75 Å². The fourth-order valence-corrected chi connectivity index (χ4v) is 4.56. The molecule has 1 aromatic carbocycles. The molecule has 0 aliphatic carbocycles. The fourth-order valence-electron chi connectivity index (χ4n) is 2.72. The predicted molar refractivity (Wildman–Crippen MR) is 87.1 cm³/mol. The lowest BCUT2D eigenvalue weighted by atomic mass is 10.1. The lowest BCUT2D eigenvalue weighted by Crippen LogP contribution is -2.24. The average molecular weight is 360 g/mol. The molecule has 5 heteroatoms. The van der Waals surface area contributed by atoms with Crippen molar-refractivity contribution in [2.24, 2.45) is 0 Å². The summed E-state index contributed by atoms with van der Waals surface area (Å²) in [4.78, 5) is 4.65. The highest BCUT2D eigenvalue weighted by Crippen LogP contribution is 2.40. The van der Waals surface area contributed by atoms with Crippen LogP contribution >= 0.6 is 39.3 Å². The molecule has 0 spiro atoms. The molecule has 0 bridgehead atoms. The van der Waals surface area contributed by atoms with Crippen molar-refractivity contribution in [1.29, 1.82) is 0 Å². The quantitative estimate of drug-likeness (QED) is 0.731. The zero-order chi connectivity index (χ0) is 13.5. The van der Waals surface area contributed by atoms with Crippen LogP contribution in [0.1, 0.15) is 25.6 Å². The number of thioether (sulfide) groups is 1. The summed E-state index contributed by atoms with van der Waals surface area (Å²) < 4.78 is 3.70. The SMILES string of the molecule is CC1(Cn2c(CCl)nc3ccc(Br)cc32)CCCS1. The maximum absolute atomic E-state index is 6.07. The summed E-state index contributed by atoms with van der Waals surface area (Å²) >= 11 is 11.7. The van der Waals surface area contributed by atoms with E-state index in [0.717, 1.165) is 22.4 Å². The van der Waals surface area contributed by atoms with Crippen LogP contribution in [0.4, 0.5) is 0 Å². The van der Waals surface area contributed by atoms with Crippen molar-refractivity contribution in [3.05, 3.63) is 28.5 Å². The van der Waals surface area contributed by atoms with E-state index in [-0.39, 0.29) is 0 Å². The Morgan fingerprint density at radius 3 is 3.05 bits per heavy atom. The predicted octanol–water partition coefficient (Wildman–Crippen LogP) is 4.82. The van der Waals surface area contributed by atoms with Gasteiger partial charge in [0, 0.05) is 15.8 Å². The Labute approximate surface area is 131 Å². The molecule has 1 fully saturated rings. The zero-order valence-electron chi connectivity index (χ0n) is 10.8. The van der Waals surface area contributed by atoms with E-state index >= 15 is 0 Å². The summed E-state index contributed by atoms with van der Waals surface area (Å²) in [5, 5.41) is 0. The standard InChI is InChI=1S/C14H16BrClN2S/c1-14(5-2-6-19-14)9-18-12-7-10(15)3-4-11(12)17-13(18)8-16/h3-4,7H,2,5-6,8-9H2,1H3. The van der Waals surface area contributed by atoms with Crippen molar-refractivity contribution in [3.8, 4) is 0 Å². The third-order valence-electron chi connectivity index (χ3n) is 3.70. The van der Waals surface area contributed by atoms with E-state index in [0.29, 0.717) is 10.6 Å². The highest BCUT2D eigenvalue weighted by Gasteiger charge is 2.31. The number of nitrogens with zero attached hydrogens (tertiary/aromatic N) is 2. The van der Waals surface area contributed by atoms with Gasteiger partial charge in [-0.2, -0.15) is 11.8 Å². The van der Waals surface area contributed by atoms with E-state index in [1.165, 1.54) is 24.1 Å². The summed E-state index contributed by atoms with van der Waals surface area (Å²) in [6.45, 7) is 3.35. The molecule has 2 heterocycles. The monoisotopic (exact) mass is 358 g/mol. The second-order valence-electron chi connectivity index (χ2n) is 5.28. The Balaban J connectivity index is 2.07. The highest BCUT2D eigenvalue weighted by atomic mass is 79.9. The topological polar surface area (TPSA) is 17.8 Å². The summed E-state index contributed by atoms with van der Waals surface area (Å²) in [6, 6.07) is 6.22.